The topological polar surface area (TPSA) is 40.5 Å². The minimum atomic E-state index is -0.757. The maximum atomic E-state index is 9.86. The molecule has 2 N–H and O–H groups in total. The Morgan fingerprint density at radius 2 is 1.83 bits per heavy atom. The van der Waals surface area contributed by atoms with Gasteiger partial charge in [0, 0.05) is 0 Å². The summed E-state index contributed by atoms with van der Waals surface area (Å²) in [5, 5.41) is 18.9. The molecule has 2 aliphatic rings. The SMILES string of the molecule is CC1CC(O)(CO)CCC12CC2. The van der Waals surface area contributed by atoms with Crippen LogP contribution in [-0.4, -0.2) is 22.4 Å². The highest BCUT2D eigenvalue weighted by Crippen LogP contribution is 2.60. The fourth-order valence-corrected chi connectivity index (χ4v) is 2.66. The highest BCUT2D eigenvalue weighted by Gasteiger charge is 2.53. The van der Waals surface area contributed by atoms with Crippen molar-refractivity contribution in [3.05, 3.63) is 0 Å². The van der Waals surface area contributed by atoms with Gasteiger partial charge in [-0.1, -0.05) is 6.92 Å². The Balaban J connectivity index is 2.03. The lowest BCUT2D eigenvalue weighted by Crippen LogP contribution is -2.42. The molecule has 70 valence electrons. The van der Waals surface area contributed by atoms with Crippen LogP contribution in [-0.2, 0) is 0 Å². The molecule has 2 heteroatoms. The molecule has 0 heterocycles. The first kappa shape index (κ1) is 8.52. The molecule has 0 aromatic heterocycles. The van der Waals surface area contributed by atoms with Crippen molar-refractivity contribution in [3.63, 3.8) is 0 Å². The summed E-state index contributed by atoms with van der Waals surface area (Å²) in [7, 11) is 0. The van der Waals surface area contributed by atoms with Crippen molar-refractivity contribution in [2.24, 2.45) is 11.3 Å². The van der Waals surface area contributed by atoms with Gasteiger partial charge in [0.15, 0.2) is 0 Å². The summed E-state index contributed by atoms with van der Waals surface area (Å²) in [6.45, 7) is 2.15. The van der Waals surface area contributed by atoms with Crippen molar-refractivity contribution in [1.82, 2.24) is 0 Å². The molecule has 2 saturated carbocycles. The van der Waals surface area contributed by atoms with E-state index in [9.17, 15) is 5.11 Å². The maximum absolute atomic E-state index is 9.86. The molecule has 0 aliphatic heterocycles. The van der Waals surface area contributed by atoms with Gasteiger partial charge in [-0.3, -0.25) is 0 Å². The van der Waals surface area contributed by atoms with Crippen LogP contribution in [0.2, 0.25) is 0 Å². The summed E-state index contributed by atoms with van der Waals surface area (Å²) in [4.78, 5) is 0. The molecule has 2 aliphatic carbocycles. The van der Waals surface area contributed by atoms with Gasteiger partial charge in [-0.25, -0.2) is 0 Å². The molecule has 2 atom stereocenters. The van der Waals surface area contributed by atoms with E-state index in [-0.39, 0.29) is 6.61 Å². The van der Waals surface area contributed by atoms with Crippen LogP contribution in [0.3, 0.4) is 0 Å². The summed E-state index contributed by atoms with van der Waals surface area (Å²) in [5.41, 5.74) is -0.186. The smallest absolute Gasteiger partial charge is 0.0880 e. The van der Waals surface area contributed by atoms with Crippen LogP contribution in [0.15, 0.2) is 0 Å². The number of hydrogen-bond acceptors (Lipinski definition) is 2. The summed E-state index contributed by atoms with van der Waals surface area (Å²) in [6.07, 6.45) is 5.40. The molecule has 0 amide bonds. The van der Waals surface area contributed by atoms with Crippen molar-refractivity contribution in [1.29, 1.82) is 0 Å². The molecule has 12 heavy (non-hydrogen) atoms. The van der Waals surface area contributed by atoms with Gasteiger partial charge in [0.2, 0.25) is 0 Å². The lowest BCUT2D eigenvalue weighted by atomic mass is 9.70. The van der Waals surface area contributed by atoms with Gasteiger partial charge in [-0.15, -0.1) is 0 Å². The molecule has 2 unspecified atom stereocenters. The van der Waals surface area contributed by atoms with E-state index in [4.69, 9.17) is 5.11 Å². The van der Waals surface area contributed by atoms with Crippen LogP contribution < -0.4 is 0 Å². The zero-order valence-corrected chi connectivity index (χ0v) is 7.71. The van der Waals surface area contributed by atoms with Crippen LogP contribution in [0.4, 0.5) is 0 Å². The van der Waals surface area contributed by atoms with Gasteiger partial charge in [-0.2, -0.15) is 0 Å². The normalized spacial score (nSPS) is 44.8. The highest BCUT2D eigenvalue weighted by molar-refractivity contribution is 5.04. The van der Waals surface area contributed by atoms with Gasteiger partial charge < -0.3 is 10.2 Å². The van der Waals surface area contributed by atoms with E-state index >= 15 is 0 Å². The van der Waals surface area contributed by atoms with Crippen LogP contribution in [0, 0.1) is 11.3 Å². The van der Waals surface area contributed by atoms with Gasteiger partial charge in [0.1, 0.15) is 0 Å². The lowest BCUT2D eigenvalue weighted by molar-refractivity contribution is -0.0731. The highest BCUT2D eigenvalue weighted by atomic mass is 16.3. The second kappa shape index (κ2) is 2.46. The Kier molecular flexibility index (Phi) is 1.74. The van der Waals surface area contributed by atoms with Crippen LogP contribution >= 0.6 is 0 Å². The Morgan fingerprint density at radius 3 is 2.25 bits per heavy atom. The quantitative estimate of drug-likeness (QED) is 0.623. The zero-order chi connectivity index (χ0) is 8.82. The molecule has 0 bridgehead atoms. The van der Waals surface area contributed by atoms with Gasteiger partial charge in [0.25, 0.3) is 0 Å². The van der Waals surface area contributed by atoms with Crippen LogP contribution in [0.5, 0.6) is 0 Å². The second-order valence-corrected chi connectivity index (χ2v) is 4.85. The standard InChI is InChI=1S/C10H18O2/c1-8-6-10(12,7-11)5-4-9(8)2-3-9/h8,11-12H,2-7H2,1H3. The number of aliphatic hydroxyl groups excluding tert-OH is 1. The first-order valence-corrected chi connectivity index (χ1v) is 4.94. The van der Waals surface area contributed by atoms with E-state index in [0.29, 0.717) is 11.3 Å². The fraction of sp³-hybridized carbons (Fsp3) is 1.00. The number of rotatable bonds is 1. The minimum absolute atomic E-state index is 0.0621. The van der Waals surface area contributed by atoms with Crippen molar-refractivity contribution in [2.45, 2.75) is 44.6 Å². The third-order valence-corrected chi connectivity index (χ3v) is 4.01. The predicted molar refractivity (Wildman–Crippen MR) is 46.7 cm³/mol. The molecule has 0 saturated heterocycles. The first-order valence-electron chi connectivity index (χ1n) is 4.94. The molecular formula is C10H18O2. The molecule has 1 spiro atoms. The van der Waals surface area contributed by atoms with Crippen LogP contribution in [0.1, 0.15) is 39.0 Å². The Hall–Kier alpha value is -0.0800. The molecular weight excluding hydrogens is 152 g/mol. The van der Waals surface area contributed by atoms with E-state index < -0.39 is 5.60 Å². The number of aliphatic hydroxyl groups is 2. The summed E-state index contributed by atoms with van der Waals surface area (Å²) < 4.78 is 0. The largest absolute Gasteiger partial charge is 0.393 e. The maximum Gasteiger partial charge on any atom is 0.0880 e. The molecule has 2 rings (SSSR count). The average Bonchev–Trinajstić information content (AvgIpc) is 2.80. The van der Waals surface area contributed by atoms with E-state index in [2.05, 4.69) is 6.92 Å². The third-order valence-electron chi connectivity index (χ3n) is 4.01. The van der Waals surface area contributed by atoms with E-state index in [1.807, 2.05) is 0 Å². The van der Waals surface area contributed by atoms with E-state index in [1.165, 1.54) is 12.8 Å². The van der Waals surface area contributed by atoms with Crippen molar-refractivity contribution < 1.29 is 10.2 Å². The average molecular weight is 170 g/mol. The lowest BCUT2D eigenvalue weighted by Gasteiger charge is -2.39. The predicted octanol–water partition coefficient (Wildman–Crippen LogP) is 1.31. The summed E-state index contributed by atoms with van der Waals surface area (Å²) in [5.74, 6) is 0.600. The van der Waals surface area contributed by atoms with Gasteiger partial charge >= 0.3 is 0 Å². The minimum Gasteiger partial charge on any atom is -0.393 e. The Labute approximate surface area is 73.6 Å². The fourth-order valence-electron chi connectivity index (χ4n) is 2.66. The van der Waals surface area contributed by atoms with E-state index in [1.54, 1.807) is 0 Å². The molecule has 0 aromatic carbocycles. The van der Waals surface area contributed by atoms with Crippen LogP contribution in [0.25, 0.3) is 0 Å². The number of hydrogen-bond donors (Lipinski definition) is 2. The van der Waals surface area contributed by atoms with E-state index in [0.717, 1.165) is 19.3 Å². The Bertz CT molecular complexity index is 186. The molecule has 0 aromatic rings. The van der Waals surface area contributed by atoms with Gasteiger partial charge in [-0.05, 0) is 43.4 Å². The monoisotopic (exact) mass is 170 g/mol. The molecule has 2 nitrogen and oxygen atoms in total. The Morgan fingerprint density at radius 1 is 1.25 bits per heavy atom. The summed E-state index contributed by atoms with van der Waals surface area (Å²) in [6, 6.07) is 0. The van der Waals surface area contributed by atoms with Crippen molar-refractivity contribution in [3.8, 4) is 0 Å². The summed E-state index contributed by atoms with van der Waals surface area (Å²) >= 11 is 0. The van der Waals surface area contributed by atoms with Gasteiger partial charge in [0.05, 0.1) is 12.2 Å². The first-order chi connectivity index (χ1) is 5.60. The molecule has 2 fully saturated rings. The second-order valence-electron chi connectivity index (χ2n) is 4.85. The van der Waals surface area contributed by atoms with Crippen molar-refractivity contribution in [2.75, 3.05) is 6.61 Å². The zero-order valence-electron chi connectivity index (χ0n) is 7.71. The molecule has 0 radical (unpaired) electrons. The third kappa shape index (κ3) is 1.17. The van der Waals surface area contributed by atoms with Crippen molar-refractivity contribution >= 4 is 0 Å².